The van der Waals surface area contributed by atoms with Crippen LogP contribution in [-0.2, 0) is 0 Å². The van der Waals surface area contributed by atoms with E-state index in [1.165, 1.54) is 12.1 Å². The number of ether oxygens (including phenoxy) is 1. The highest BCUT2D eigenvalue weighted by Gasteiger charge is 2.08. The van der Waals surface area contributed by atoms with Crippen molar-refractivity contribution in [3.05, 3.63) is 57.1 Å². The van der Waals surface area contributed by atoms with Crippen molar-refractivity contribution in [1.29, 1.82) is 0 Å². The standard InChI is InChI=1S/C14H14BrN3O3/c15-13-9-11(18(19)20)4-5-14(13)17-6-7-21-12-3-1-2-10(16)8-12/h1-5,8-9,17H,6-7,16H2. The highest BCUT2D eigenvalue weighted by Crippen LogP contribution is 2.26. The van der Waals surface area contributed by atoms with E-state index in [0.717, 1.165) is 5.69 Å². The van der Waals surface area contributed by atoms with Gasteiger partial charge in [-0.15, -0.1) is 0 Å². The van der Waals surface area contributed by atoms with Gasteiger partial charge in [-0.3, -0.25) is 10.1 Å². The molecule has 0 saturated heterocycles. The van der Waals surface area contributed by atoms with Gasteiger partial charge in [0, 0.05) is 40.6 Å². The van der Waals surface area contributed by atoms with E-state index in [0.29, 0.717) is 29.1 Å². The van der Waals surface area contributed by atoms with Crippen molar-refractivity contribution in [3.8, 4) is 5.75 Å². The molecule has 2 aromatic rings. The van der Waals surface area contributed by atoms with Gasteiger partial charge in [-0.2, -0.15) is 0 Å². The average molecular weight is 352 g/mol. The number of nitrogens with one attached hydrogen (secondary N) is 1. The van der Waals surface area contributed by atoms with Crippen LogP contribution in [0.5, 0.6) is 5.75 Å². The maximum atomic E-state index is 10.6. The topological polar surface area (TPSA) is 90.4 Å². The first-order chi connectivity index (χ1) is 10.1. The molecule has 0 heterocycles. The smallest absolute Gasteiger partial charge is 0.270 e. The second kappa shape index (κ2) is 6.94. The van der Waals surface area contributed by atoms with Crippen LogP contribution in [0.1, 0.15) is 0 Å². The molecule has 21 heavy (non-hydrogen) atoms. The lowest BCUT2D eigenvalue weighted by Gasteiger charge is -2.10. The van der Waals surface area contributed by atoms with Crippen molar-refractivity contribution >= 4 is 33.0 Å². The van der Waals surface area contributed by atoms with Crippen LogP contribution < -0.4 is 15.8 Å². The van der Waals surface area contributed by atoms with E-state index in [9.17, 15) is 10.1 Å². The van der Waals surface area contributed by atoms with E-state index < -0.39 is 4.92 Å². The molecular formula is C14H14BrN3O3. The van der Waals surface area contributed by atoms with Crippen LogP contribution in [0.2, 0.25) is 0 Å². The largest absolute Gasteiger partial charge is 0.492 e. The molecule has 7 heteroatoms. The molecule has 2 rings (SSSR count). The third-order valence-corrected chi connectivity index (χ3v) is 3.36. The number of nitro groups is 1. The molecule has 0 bridgehead atoms. The van der Waals surface area contributed by atoms with Crippen molar-refractivity contribution in [2.24, 2.45) is 0 Å². The Hall–Kier alpha value is -2.28. The van der Waals surface area contributed by atoms with E-state index in [-0.39, 0.29) is 5.69 Å². The summed E-state index contributed by atoms with van der Waals surface area (Å²) in [5.41, 5.74) is 7.13. The van der Waals surface area contributed by atoms with Gasteiger partial charge in [0.25, 0.3) is 5.69 Å². The van der Waals surface area contributed by atoms with Gasteiger partial charge >= 0.3 is 0 Å². The third-order valence-electron chi connectivity index (χ3n) is 2.71. The first-order valence-corrected chi connectivity index (χ1v) is 7.02. The Morgan fingerprint density at radius 3 is 2.76 bits per heavy atom. The van der Waals surface area contributed by atoms with Crippen LogP contribution in [0.4, 0.5) is 17.1 Å². The lowest BCUT2D eigenvalue weighted by atomic mass is 10.3. The van der Waals surface area contributed by atoms with Gasteiger partial charge in [0.2, 0.25) is 0 Å². The molecule has 110 valence electrons. The van der Waals surface area contributed by atoms with Gasteiger partial charge in [0.15, 0.2) is 0 Å². The number of nitrogens with zero attached hydrogens (tertiary/aromatic N) is 1. The van der Waals surface area contributed by atoms with Crippen LogP contribution in [0.15, 0.2) is 46.9 Å². The van der Waals surface area contributed by atoms with Crippen molar-refractivity contribution in [3.63, 3.8) is 0 Å². The summed E-state index contributed by atoms with van der Waals surface area (Å²) in [6, 6.07) is 11.8. The Morgan fingerprint density at radius 1 is 1.29 bits per heavy atom. The summed E-state index contributed by atoms with van der Waals surface area (Å²) in [6.45, 7) is 1.01. The second-order valence-electron chi connectivity index (χ2n) is 4.27. The number of nitro benzene ring substituents is 1. The van der Waals surface area contributed by atoms with Crippen molar-refractivity contribution in [2.75, 3.05) is 24.2 Å². The molecule has 0 aromatic heterocycles. The number of rotatable bonds is 6. The molecule has 0 unspecified atom stereocenters. The number of halogens is 1. The van der Waals surface area contributed by atoms with Gasteiger partial charge < -0.3 is 15.8 Å². The Labute approximate surface area is 130 Å². The fraction of sp³-hybridized carbons (Fsp3) is 0.143. The summed E-state index contributed by atoms with van der Waals surface area (Å²) in [7, 11) is 0. The normalized spacial score (nSPS) is 10.1. The number of hydrogen-bond acceptors (Lipinski definition) is 5. The molecule has 0 atom stereocenters. The predicted molar refractivity (Wildman–Crippen MR) is 85.6 cm³/mol. The summed E-state index contributed by atoms with van der Waals surface area (Å²) in [4.78, 5) is 10.2. The van der Waals surface area contributed by atoms with Gasteiger partial charge in [0.05, 0.1) is 4.92 Å². The third kappa shape index (κ3) is 4.35. The molecule has 0 radical (unpaired) electrons. The van der Waals surface area contributed by atoms with E-state index in [1.54, 1.807) is 18.2 Å². The second-order valence-corrected chi connectivity index (χ2v) is 5.12. The van der Waals surface area contributed by atoms with Crippen molar-refractivity contribution < 1.29 is 9.66 Å². The Bertz CT molecular complexity index is 649. The van der Waals surface area contributed by atoms with E-state index in [1.807, 2.05) is 12.1 Å². The molecule has 0 aliphatic carbocycles. The fourth-order valence-electron chi connectivity index (χ4n) is 1.72. The molecule has 0 spiro atoms. The molecule has 0 saturated carbocycles. The number of anilines is 2. The van der Waals surface area contributed by atoms with E-state index in [4.69, 9.17) is 10.5 Å². The van der Waals surface area contributed by atoms with Crippen molar-refractivity contribution in [1.82, 2.24) is 0 Å². The highest BCUT2D eigenvalue weighted by molar-refractivity contribution is 9.10. The number of non-ortho nitro benzene ring substituents is 1. The average Bonchev–Trinajstić information content (AvgIpc) is 2.45. The summed E-state index contributed by atoms with van der Waals surface area (Å²) in [5.74, 6) is 0.708. The zero-order valence-electron chi connectivity index (χ0n) is 11.1. The first-order valence-electron chi connectivity index (χ1n) is 6.22. The Balaban J connectivity index is 1.85. The fourth-order valence-corrected chi connectivity index (χ4v) is 2.23. The predicted octanol–water partition coefficient (Wildman–Crippen LogP) is 3.43. The minimum Gasteiger partial charge on any atom is -0.492 e. The van der Waals surface area contributed by atoms with Crippen LogP contribution in [-0.4, -0.2) is 18.1 Å². The molecule has 3 N–H and O–H groups in total. The molecule has 0 aliphatic rings. The molecule has 6 nitrogen and oxygen atoms in total. The quantitative estimate of drug-likeness (QED) is 0.360. The van der Waals surface area contributed by atoms with Gasteiger partial charge in [0.1, 0.15) is 12.4 Å². The summed E-state index contributed by atoms with van der Waals surface area (Å²) >= 11 is 3.30. The molecule has 0 aliphatic heterocycles. The van der Waals surface area contributed by atoms with Gasteiger partial charge in [-0.1, -0.05) is 6.07 Å². The van der Waals surface area contributed by atoms with Crippen LogP contribution in [0, 0.1) is 10.1 Å². The van der Waals surface area contributed by atoms with E-state index in [2.05, 4.69) is 21.2 Å². The summed E-state index contributed by atoms with van der Waals surface area (Å²) in [5, 5.41) is 13.8. The zero-order chi connectivity index (χ0) is 15.2. The Kier molecular flexibility index (Phi) is 4.99. The van der Waals surface area contributed by atoms with Gasteiger partial charge in [-0.05, 0) is 34.1 Å². The lowest BCUT2D eigenvalue weighted by molar-refractivity contribution is -0.384. The zero-order valence-corrected chi connectivity index (χ0v) is 12.7. The van der Waals surface area contributed by atoms with E-state index >= 15 is 0 Å². The number of hydrogen-bond donors (Lipinski definition) is 2. The van der Waals surface area contributed by atoms with Crippen LogP contribution in [0.25, 0.3) is 0 Å². The minimum atomic E-state index is -0.433. The summed E-state index contributed by atoms with van der Waals surface area (Å²) < 4.78 is 6.18. The number of nitrogens with two attached hydrogens (primary N) is 1. The molecular weight excluding hydrogens is 338 g/mol. The monoisotopic (exact) mass is 351 g/mol. The maximum Gasteiger partial charge on any atom is 0.270 e. The minimum absolute atomic E-state index is 0.0448. The number of benzene rings is 2. The van der Waals surface area contributed by atoms with Crippen LogP contribution >= 0.6 is 15.9 Å². The molecule has 2 aromatic carbocycles. The van der Waals surface area contributed by atoms with Gasteiger partial charge in [-0.25, -0.2) is 0 Å². The number of nitrogen functional groups attached to an aromatic ring is 1. The molecule has 0 fully saturated rings. The van der Waals surface area contributed by atoms with Crippen molar-refractivity contribution in [2.45, 2.75) is 0 Å². The molecule has 0 amide bonds. The summed E-state index contributed by atoms with van der Waals surface area (Å²) in [6.07, 6.45) is 0. The lowest BCUT2D eigenvalue weighted by Crippen LogP contribution is -2.11. The maximum absolute atomic E-state index is 10.6. The first kappa shape index (κ1) is 15.1. The highest BCUT2D eigenvalue weighted by atomic mass is 79.9. The Morgan fingerprint density at radius 2 is 2.10 bits per heavy atom. The van der Waals surface area contributed by atoms with Crippen LogP contribution in [0.3, 0.4) is 0 Å². The SMILES string of the molecule is Nc1cccc(OCCNc2ccc([N+](=O)[O-])cc2Br)c1.